The Hall–Kier alpha value is -0.380. The molecular formula is C13H21NOS. The van der Waals surface area contributed by atoms with Gasteiger partial charge in [-0.05, 0) is 47.6 Å². The van der Waals surface area contributed by atoms with Crippen LogP contribution >= 0.6 is 11.3 Å². The summed E-state index contributed by atoms with van der Waals surface area (Å²) >= 11 is 1.75. The summed E-state index contributed by atoms with van der Waals surface area (Å²) in [5, 5.41) is 13.8. The van der Waals surface area contributed by atoms with E-state index in [4.69, 9.17) is 0 Å². The Balaban J connectivity index is 1.95. The van der Waals surface area contributed by atoms with Gasteiger partial charge in [-0.25, -0.2) is 0 Å². The summed E-state index contributed by atoms with van der Waals surface area (Å²) in [6.45, 7) is 4.61. The summed E-state index contributed by atoms with van der Waals surface area (Å²) in [7, 11) is 0. The maximum Gasteiger partial charge on any atom is 0.0586 e. The van der Waals surface area contributed by atoms with E-state index in [1.54, 1.807) is 11.3 Å². The van der Waals surface area contributed by atoms with Gasteiger partial charge in [0.25, 0.3) is 0 Å². The molecule has 2 nitrogen and oxygen atoms in total. The first kappa shape index (κ1) is 12.1. The van der Waals surface area contributed by atoms with Gasteiger partial charge in [0.2, 0.25) is 0 Å². The van der Waals surface area contributed by atoms with E-state index < -0.39 is 0 Å². The van der Waals surface area contributed by atoms with Gasteiger partial charge in [-0.15, -0.1) is 0 Å². The van der Waals surface area contributed by atoms with E-state index in [1.807, 2.05) is 0 Å². The Morgan fingerprint density at radius 1 is 1.56 bits per heavy atom. The third-order valence-electron chi connectivity index (χ3n) is 3.35. The smallest absolute Gasteiger partial charge is 0.0586 e. The lowest BCUT2D eigenvalue weighted by Crippen LogP contribution is -2.38. The fourth-order valence-corrected chi connectivity index (χ4v) is 2.75. The number of hydrogen-bond acceptors (Lipinski definition) is 3. The minimum Gasteiger partial charge on any atom is -0.395 e. The topological polar surface area (TPSA) is 23.5 Å². The Morgan fingerprint density at radius 3 is 2.88 bits per heavy atom. The van der Waals surface area contributed by atoms with E-state index in [2.05, 4.69) is 28.7 Å². The second-order valence-corrected chi connectivity index (χ2v) is 5.53. The number of nitrogens with zero attached hydrogens (tertiary/aromatic N) is 1. The molecule has 0 radical (unpaired) electrons. The van der Waals surface area contributed by atoms with Crippen molar-refractivity contribution in [3.63, 3.8) is 0 Å². The van der Waals surface area contributed by atoms with Crippen LogP contribution in [0.5, 0.6) is 0 Å². The Labute approximate surface area is 102 Å². The average molecular weight is 239 g/mol. The van der Waals surface area contributed by atoms with Gasteiger partial charge in [0.15, 0.2) is 0 Å². The molecule has 3 heteroatoms. The molecule has 0 unspecified atom stereocenters. The summed E-state index contributed by atoms with van der Waals surface area (Å²) in [4.78, 5) is 2.46. The highest BCUT2D eigenvalue weighted by atomic mass is 32.1. The molecule has 1 heterocycles. The molecule has 1 atom stereocenters. The van der Waals surface area contributed by atoms with Crippen molar-refractivity contribution in [2.75, 3.05) is 13.2 Å². The number of thiophene rings is 1. The third kappa shape index (κ3) is 3.30. The fourth-order valence-electron chi connectivity index (χ4n) is 2.09. The maximum absolute atomic E-state index is 9.42. The van der Waals surface area contributed by atoms with Gasteiger partial charge in [0.05, 0.1) is 6.61 Å². The predicted molar refractivity (Wildman–Crippen MR) is 68.6 cm³/mol. The van der Waals surface area contributed by atoms with Crippen LogP contribution < -0.4 is 0 Å². The summed E-state index contributed by atoms with van der Waals surface area (Å²) in [5.74, 6) is 0.888. The van der Waals surface area contributed by atoms with Crippen LogP contribution in [0.25, 0.3) is 0 Å². The average Bonchev–Trinajstić information content (AvgIpc) is 2.95. The first-order chi connectivity index (χ1) is 7.83. The fraction of sp³-hybridized carbons (Fsp3) is 0.692. The molecular weight excluding hydrogens is 218 g/mol. The molecule has 2 rings (SSSR count). The molecule has 0 aliphatic heterocycles. The monoisotopic (exact) mass is 239 g/mol. The zero-order valence-corrected chi connectivity index (χ0v) is 10.7. The molecule has 16 heavy (non-hydrogen) atoms. The quantitative estimate of drug-likeness (QED) is 0.791. The number of rotatable bonds is 7. The van der Waals surface area contributed by atoms with Crippen molar-refractivity contribution in [2.24, 2.45) is 5.92 Å². The van der Waals surface area contributed by atoms with Gasteiger partial charge < -0.3 is 5.11 Å². The highest BCUT2D eigenvalue weighted by molar-refractivity contribution is 7.07. The zero-order chi connectivity index (χ0) is 11.4. The maximum atomic E-state index is 9.42. The molecule has 0 aromatic carbocycles. The van der Waals surface area contributed by atoms with Crippen molar-refractivity contribution in [3.8, 4) is 0 Å². The second-order valence-electron chi connectivity index (χ2n) is 4.75. The van der Waals surface area contributed by atoms with Crippen molar-refractivity contribution in [1.29, 1.82) is 0 Å². The van der Waals surface area contributed by atoms with Crippen LogP contribution in [0.4, 0.5) is 0 Å². The van der Waals surface area contributed by atoms with E-state index in [0.717, 1.165) is 25.4 Å². The van der Waals surface area contributed by atoms with Gasteiger partial charge in [-0.2, -0.15) is 11.3 Å². The summed E-state index contributed by atoms with van der Waals surface area (Å²) in [5.41, 5.74) is 1.39. The van der Waals surface area contributed by atoms with Crippen molar-refractivity contribution >= 4 is 11.3 Å². The molecule has 1 aromatic rings. The molecule has 1 N–H and O–H groups in total. The van der Waals surface area contributed by atoms with Gasteiger partial charge >= 0.3 is 0 Å². The third-order valence-corrected chi connectivity index (χ3v) is 4.09. The van der Waals surface area contributed by atoms with Crippen LogP contribution in [0.3, 0.4) is 0 Å². The Morgan fingerprint density at radius 2 is 2.38 bits per heavy atom. The van der Waals surface area contributed by atoms with Gasteiger partial charge in [-0.1, -0.05) is 6.92 Å². The number of hydrogen-bond donors (Lipinski definition) is 1. The van der Waals surface area contributed by atoms with Crippen molar-refractivity contribution in [2.45, 2.75) is 38.8 Å². The van der Waals surface area contributed by atoms with Crippen LogP contribution in [0, 0.1) is 5.92 Å². The molecule has 1 saturated carbocycles. The van der Waals surface area contributed by atoms with Crippen LogP contribution in [0.2, 0.25) is 0 Å². The standard InChI is InChI=1S/C13H21NOS/c1-2-13(9-15)14(7-11-3-4-11)8-12-5-6-16-10-12/h5-6,10-11,13,15H,2-4,7-9H2,1H3/t13-/m1/s1. The van der Waals surface area contributed by atoms with E-state index in [9.17, 15) is 5.11 Å². The molecule has 1 aromatic heterocycles. The SMILES string of the molecule is CC[C@H](CO)N(Cc1ccsc1)CC1CC1. The minimum atomic E-state index is 0.285. The second kappa shape index (κ2) is 5.80. The minimum absolute atomic E-state index is 0.285. The highest BCUT2D eigenvalue weighted by Gasteiger charge is 2.27. The largest absolute Gasteiger partial charge is 0.395 e. The van der Waals surface area contributed by atoms with Crippen LogP contribution in [0.1, 0.15) is 31.7 Å². The molecule has 1 aliphatic rings. The van der Waals surface area contributed by atoms with Gasteiger partial charge in [0, 0.05) is 19.1 Å². The van der Waals surface area contributed by atoms with Crippen LogP contribution in [-0.2, 0) is 6.54 Å². The molecule has 1 aliphatic carbocycles. The molecule has 1 fully saturated rings. The van der Waals surface area contributed by atoms with Crippen LogP contribution in [-0.4, -0.2) is 29.2 Å². The molecule has 90 valence electrons. The predicted octanol–water partition coefficient (Wildman–Crippen LogP) is 2.73. The number of aliphatic hydroxyl groups excluding tert-OH is 1. The number of aliphatic hydroxyl groups is 1. The van der Waals surface area contributed by atoms with Crippen molar-refractivity contribution in [3.05, 3.63) is 22.4 Å². The summed E-state index contributed by atoms with van der Waals surface area (Å²) in [6, 6.07) is 2.52. The van der Waals surface area contributed by atoms with E-state index in [0.29, 0.717) is 6.04 Å². The first-order valence-electron chi connectivity index (χ1n) is 6.19. The molecule has 0 bridgehead atoms. The summed E-state index contributed by atoms with van der Waals surface area (Å²) in [6.07, 6.45) is 3.79. The van der Waals surface area contributed by atoms with E-state index in [-0.39, 0.29) is 6.61 Å². The Kier molecular flexibility index (Phi) is 4.38. The molecule has 0 saturated heterocycles. The Bertz CT molecular complexity index is 291. The van der Waals surface area contributed by atoms with Crippen molar-refractivity contribution < 1.29 is 5.11 Å². The van der Waals surface area contributed by atoms with Crippen molar-refractivity contribution in [1.82, 2.24) is 4.90 Å². The lowest BCUT2D eigenvalue weighted by molar-refractivity contribution is 0.109. The van der Waals surface area contributed by atoms with E-state index >= 15 is 0 Å². The van der Waals surface area contributed by atoms with Gasteiger partial charge in [-0.3, -0.25) is 4.90 Å². The highest BCUT2D eigenvalue weighted by Crippen LogP contribution is 2.31. The lowest BCUT2D eigenvalue weighted by atomic mass is 10.1. The first-order valence-corrected chi connectivity index (χ1v) is 7.13. The molecule has 0 spiro atoms. The molecule has 0 amide bonds. The van der Waals surface area contributed by atoms with Gasteiger partial charge in [0.1, 0.15) is 0 Å². The zero-order valence-electron chi connectivity index (χ0n) is 9.93. The van der Waals surface area contributed by atoms with E-state index in [1.165, 1.54) is 18.4 Å². The summed E-state index contributed by atoms with van der Waals surface area (Å²) < 4.78 is 0. The normalized spacial score (nSPS) is 17.9. The van der Waals surface area contributed by atoms with Crippen LogP contribution in [0.15, 0.2) is 16.8 Å². The lowest BCUT2D eigenvalue weighted by Gasteiger charge is -2.29.